The van der Waals surface area contributed by atoms with Crippen molar-refractivity contribution in [1.29, 1.82) is 0 Å². The van der Waals surface area contributed by atoms with Gasteiger partial charge in [0.25, 0.3) is 5.69 Å². The van der Waals surface area contributed by atoms with Gasteiger partial charge in [-0.1, -0.05) is 41.9 Å². The highest BCUT2D eigenvalue weighted by molar-refractivity contribution is 7.89. The Morgan fingerprint density at radius 1 is 0.955 bits per heavy atom. The minimum Gasteiger partial charge on any atom is -0.364 e. The van der Waals surface area contributed by atoms with Gasteiger partial charge in [-0.25, -0.2) is 17.8 Å². The van der Waals surface area contributed by atoms with E-state index >= 15 is 0 Å². The molecule has 1 saturated heterocycles. The van der Waals surface area contributed by atoms with Crippen molar-refractivity contribution in [2.75, 3.05) is 36.4 Å². The summed E-state index contributed by atoms with van der Waals surface area (Å²) in [6.45, 7) is 1.76. The van der Waals surface area contributed by atoms with Crippen molar-refractivity contribution >= 4 is 50.2 Å². The number of non-ortho nitro benzene ring substituents is 1. The van der Waals surface area contributed by atoms with Crippen LogP contribution in [0.4, 0.5) is 21.8 Å². The van der Waals surface area contributed by atoms with Crippen molar-refractivity contribution in [3.05, 3.63) is 111 Å². The average molecular weight is 637 g/mol. The van der Waals surface area contributed by atoms with Crippen LogP contribution in [0.5, 0.6) is 0 Å². The molecule has 0 saturated carbocycles. The van der Waals surface area contributed by atoms with Crippen LogP contribution in [-0.2, 0) is 23.1 Å². The van der Waals surface area contributed by atoms with Crippen LogP contribution in [0.3, 0.4) is 0 Å². The van der Waals surface area contributed by atoms with Gasteiger partial charge in [-0.3, -0.25) is 10.1 Å². The van der Waals surface area contributed by atoms with Crippen LogP contribution in [0.1, 0.15) is 11.1 Å². The van der Waals surface area contributed by atoms with Crippen LogP contribution in [0, 0.1) is 15.9 Å². The van der Waals surface area contributed by atoms with Gasteiger partial charge in [-0.05, 0) is 41.5 Å². The van der Waals surface area contributed by atoms with E-state index in [1.165, 1.54) is 28.6 Å². The lowest BCUT2D eigenvalue weighted by Crippen LogP contribution is -2.49. The zero-order valence-electron chi connectivity index (χ0n) is 23.2. The maximum atomic E-state index is 13.4. The van der Waals surface area contributed by atoms with Gasteiger partial charge < -0.3 is 14.8 Å². The second-order valence-corrected chi connectivity index (χ2v) is 12.5. The lowest BCUT2D eigenvalue weighted by atomic mass is 10.2. The highest BCUT2D eigenvalue weighted by Crippen LogP contribution is 2.27. The number of hydrogen-bond acceptors (Lipinski definition) is 9. The van der Waals surface area contributed by atoms with Gasteiger partial charge in [0.15, 0.2) is 17.0 Å². The van der Waals surface area contributed by atoms with Gasteiger partial charge in [0, 0.05) is 49.9 Å². The summed E-state index contributed by atoms with van der Waals surface area (Å²) in [5.74, 6) is 0.366. The minimum atomic E-state index is -3.79. The number of hydrogen-bond donors (Lipinski definition) is 1. The van der Waals surface area contributed by atoms with E-state index in [1.54, 1.807) is 24.5 Å². The molecule has 5 aromatic rings. The number of aromatic nitrogens is 4. The van der Waals surface area contributed by atoms with E-state index in [0.29, 0.717) is 54.1 Å². The highest BCUT2D eigenvalue weighted by Gasteiger charge is 2.30. The number of nitro benzene ring substituents is 1. The number of sulfonamides is 1. The Morgan fingerprint density at radius 3 is 2.34 bits per heavy atom. The number of nitro groups is 1. The molecule has 0 amide bonds. The van der Waals surface area contributed by atoms with E-state index < -0.39 is 20.8 Å². The number of imidazole rings is 1. The van der Waals surface area contributed by atoms with Crippen molar-refractivity contribution in [1.82, 2.24) is 23.8 Å². The molecule has 1 aliphatic heterocycles. The zero-order valence-corrected chi connectivity index (χ0v) is 24.7. The van der Waals surface area contributed by atoms with Crippen molar-refractivity contribution in [3.8, 4) is 0 Å². The zero-order chi connectivity index (χ0) is 30.8. The second-order valence-electron chi connectivity index (χ2n) is 10.1. The van der Waals surface area contributed by atoms with Crippen molar-refractivity contribution in [2.45, 2.75) is 18.0 Å². The predicted molar refractivity (Wildman–Crippen MR) is 164 cm³/mol. The number of piperazine rings is 1. The fourth-order valence-electron chi connectivity index (χ4n) is 4.94. The Labute approximate surface area is 256 Å². The Hall–Kier alpha value is -4.66. The molecule has 12 nitrogen and oxygen atoms in total. The molecule has 0 atom stereocenters. The molecule has 0 bridgehead atoms. The first-order chi connectivity index (χ1) is 21.2. The number of benzene rings is 3. The monoisotopic (exact) mass is 636 g/mol. The molecule has 3 aromatic carbocycles. The van der Waals surface area contributed by atoms with Crippen LogP contribution in [0.25, 0.3) is 11.2 Å². The molecule has 15 heteroatoms. The van der Waals surface area contributed by atoms with Crippen LogP contribution in [-0.4, -0.2) is 63.3 Å². The number of rotatable bonds is 9. The third-order valence-electron chi connectivity index (χ3n) is 7.33. The number of halogens is 2. The van der Waals surface area contributed by atoms with E-state index in [0.717, 1.165) is 23.3 Å². The smallest absolute Gasteiger partial charge is 0.269 e. The molecule has 6 rings (SSSR count). The fourth-order valence-corrected chi connectivity index (χ4v) is 6.56. The standard InChI is InChI=1S/C29H26ClFN8O4S/c30-25-4-2-1-3-21(25)17-32-27-26-28(37(19-33-26)18-20-5-9-23(10-6-20)39(40)41)35-29(34-27)36-13-15-38(16-14-36)44(42,43)24-11-7-22(31)8-12-24/h1-12,19H,13-18H2,(H,32,34,35). The van der Waals surface area contributed by atoms with Crippen molar-refractivity contribution in [3.63, 3.8) is 0 Å². The quantitative estimate of drug-likeness (QED) is 0.180. The summed E-state index contributed by atoms with van der Waals surface area (Å²) in [5.41, 5.74) is 2.75. The number of nitrogens with zero attached hydrogens (tertiary/aromatic N) is 7. The SMILES string of the molecule is O=[N+]([O-])c1ccc(Cn2cnc3c(NCc4ccccc4Cl)nc(N4CCN(S(=O)(=O)c5ccc(F)cc5)CC4)nc32)cc1. The largest absolute Gasteiger partial charge is 0.364 e. The van der Waals surface area contributed by atoms with E-state index in [-0.39, 0.29) is 23.7 Å². The molecule has 2 aromatic heterocycles. The van der Waals surface area contributed by atoms with Gasteiger partial charge in [0.2, 0.25) is 16.0 Å². The van der Waals surface area contributed by atoms with Gasteiger partial charge in [-0.15, -0.1) is 0 Å². The maximum absolute atomic E-state index is 13.4. The molecule has 1 fully saturated rings. The molecule has 0 aliphatic carbocycles. The normalized spacial score (nSPS) is 14.2. The van der Waals surface area contributed by atoms with Crippen LogP contribution in [0.15, 0.2) is 84.0 Å². The summed E-state index contributed by atoms with van der Waals surface area (Å²) in [5, 5.41) is 15.0. The number of fused-ring (bicyclic) bond motifs is 1. The molecule has 1 N–H and O–H groups in total. The summed E-state index contributed by atoms with van der Waals surface area (Å²) in [6.07, 6.45) is 1.64. The second kappa shape index (κ2) is 12.1. The van der Waals surface area contributed by atoms with Crippen LogP contribution < -0.4 is 10.2 Å². The van der Waals surface area contributed by atoms with E-state index in [1.807, 2.05) is 27.7 Å². The summed E-state index contributed by atoms with van der Waals surface area (Å²) >= 11 is 6.37. The van der Waals surface area contributed by atoms with E-state index in [9.17, 15) is 22.9 Å². The summed E-state index contributed by atoms with van der Waals surface area (Å²) < 4.78 is 42.9. The minimum absolute atomic E-state index is 0.000457. The van der Waals surface area contributed by atoms with Gasteiger partial charge >= 0.3 is 0 Å². The number of nitrogens with one attached hydrogen (secondary N) is 1. The Balaban J connectivity index is 1.29. The molecule has 44 heavy (non-hydrogen) atoms. The first-order valence-corrected chi connectivity index (χ1v) is 15.4. The third-order valence-corrected chi connectivity index (χ3v) is 9.61. The Bertz CT molecular complexity index is 1930. The summed E-state index contributed by atoms with van der Waals surface area (Å²) in [4.78, 5) is 26.7. The molecule has 3 heterocycles. The van der Waals surface area contributed by atoms with Crippen molar-refractivity contribution < 1.29 is 17.7 Å². The van der Waals surface area contributed by atoms with Gasteiger partial charge in [0.05, 0.1) is 22.7 Å². The molecular weight excluding hydrogens is 611 g/mol. The molecular formula is C29H26ClFN8O4S. The topological polar surface area (TPSA) is 139 Å². The van der Waals surface area contributed by atoms with E-state index in [4.69, 9.17) is 21.6 Å². The summed E-state index contributed by atoms with van der Waals surface area (Å²) in [7, 11) is -3.79. The third kappa shape index (κ3) is 6.04. The summed E-state index contributed by atoms with van der Waals surface area (Å²) in [6, 6.07) is 18.5. The van der Waals surface area contributed by atoms with Crippen molar-refractivity contribution in [2.24, 2.45) is 0 Å². The Kier molecular flexibility index (Phi) is 8.12. The highest BCUT2D eigenvalue weighted by atomic mass is 35.5. The lowest BCUT2D eigenvalue weighted by molar-refractivity contribution is -0.384. The number of anilines is 2. The molecule has 0 spiro atoms. The molecule has 0 radical (unpaired) electrons. The predicted octanol–water partition coefficient (Wildman–Crippen LogP) is 4.70. The van der Waals surface area contributed by atoms with Crippen LogP contribution >= 0.6 is 11.6 Å². The van der Waals surface area contributed by atoms with Crippen LogP contribution in [0.2, 0.25) is 5.02 Å². The fraction of sp³-hybridized carbons (Fsp3) is 0.207. The lowest BCUT2D eigenvalue weighted by Gasteiger charge is -2.34. The average Bonchev–Trinajstić information content (AvgIpc) is 3.43. The molecule has 226 valence electrons. The molecule has 0 unspecified atom stereocenters. The van der Waals surface area contributed by atoms with Gasteiger partial charge in [0.1, 0.15) is 5.82 Å². The first-order valence-electron chi connectivity index (χ1n) is 13.6. The maximum Gasteiger partial charge on any atom is 0.269 e. The van der Waals surface area contributed by atoms with Gasteiger partial charge in [-0.2, -0.15) is 14.3 Å². The molecule has 1 aliphatic rings. The first kappa shape index (κ1) is 29.4. The Morgan fingerprint density at radius 2 is 1.66 bits per heavy atom. The van der Waals surface area contributed by atoms with E-state index in [2.05, 4.69) is 10.3 Å².